The lowest BCUT2D eigenvalue weighted by atomic mass is 9.78. The van der Waals surface area contributed by atoms with Gasteiger partial charge in [-0.25, -0.2) is 0 Å². The van der Waals surface area contributed by atoms with Crippen LogP contribution in [0, 0.1) is 11.3 Å². The summed E-state index contributed by atoms with van der Waals surface area (Å²) in [5.41, 5.74) is 0.418. The Hall–Kier alpha value is -0.120. The summed E-state index contributed by atoms with van der Waals surface area (Å²) < 4.78 is 0. The van der Waals surface area contributed by atoms with E-state index in [1.807, 2.05) is 7.05 Å². The maximum absolute atomic E-state index is 3.44. The van der Waals surface area contributed by atoms with Gasteiger partial charge in [-0.1, -0.05) is 13.8 Å². The van der Waals surface area contributed by atoms with Crippen molar-refractivity contribution in [2.24, 2.45) is 11.3 Å². The summed E-state index contributed by atoms with van der Waals surface area (Å²) in [5, 5.41) is 6.56. The van der Waals surface area contributed by atoms with E-state index in [0.717, 1.165) is 19.1 Å². The van der Waals surface area contributed by atoms with Crippen LogP contribution in [0.5, 0.6) is 0 Å². The molecule has 1 aliphatic rings. The summed E-state index contributed by atoms with van der Waals surface area (Å²) in [6, 6.07) is 0. The van der Waals surface area contributed by atoms with Crippen LogP contribution in [-0.4, -0.2) is 45.3 Å². The van der Waals surface area contributed by atoms with Gasteiger partial charge >= 0.3 is 0 Å². The molecule has 0 aromatic carbocycles. The van der Waals surface area contributed by atoms with Gasteiger partial charge in [-0.05, 0) is 38.4 Å². The molecule has 1 unspecified atom stereocenters. The summed E-state index contributed by atoms with van der Waals surface area (Å²) in [6.07, 6.45) is 1.35. The lowest BCUT2D eigenvalue weighted by Gasteiger charge is -2.31. The molecular formula is C11H25N3. The second-order valence-corrected chi connectivity index (χ2v) is 5.19. The van der Waals surface area contributed by atoms with Gasteiger partial charge in [-0.2, -0.15) is 0 Å². The van der Waals surface area contributed by atoms with Crippen molar-refractivity contribution in [1.29, 1.82) is 0 Å². The van der Waals surface area contributed by atoms with Crippen molar-refractivity contribution >= 4 is 0 Å². The number of nitrogens with zero attached hydrogens (tertiary/aromatic N) is 1. The molecule has 0 aromatic rings. The average Bonchev–Trinajstić information content (AvgIpc) is 2.53. The van der Waals surface area contributed by atoms with Crippen molar-refractivity contribution in [2.45, 2.75) is 20.3 Å². The molecule has 14 heavy (non-hydrogen) atoms. The van der Waals surface area contributed by atoms with E-state index >= 15 is 0 Å². The second kappa shape index (κ2) is 5.10. The molecule has 1 aliphatic heterocycles. The predicted molar refractivity (Wildman–Crippen MR) is 61.3 cm³/mol. The highest BCUT2D eigenvalue weighted by atomic mass is 15.1. The van der Waals surface area contributed by atoms with E-state index in [4.69, 9.17) is 0 Å². The Labute approximate surface area is 88.2 Å². The molecule has 1 rings (SSSR count). The van der Waals surface area contributed by atoms with Gasteiger partial charge in [0.1, 0.15) is 0 Å². The van der Waals surface area contributed by atoms with E-state index in [2.05, 4.69) is 36.4 Å². The van der Waals surface area contributed by atoms with E-state index in [1.165, 1.54) is 19.5 Å². The van der Waals surface area contributed by atoms with Crippen molar-refractivity contribution < 1.29 is 0 Å². The van der Waals surface area contributed by atoms with Gasteiger partial charge < -0.3 is 15.5 Å². The van der Waals surface area contributed by atoms with Crippen LogP contribution in [0.2, 0.25) is 0 Å². The molecule has 3 heteroatoms. The highest BCUT2D eigenvalue weighted by Gasteiger charge is 2.33. The van der Waals surface area contributed by atoms with Gasteiger partial charge in [-0.3, -0.25) is 0 Å². The van der Waals surface area contributed by atoms with Crippen LogP contribution in [0.1, 0.15) is 20.3 Å². The van der Waals surface area contributed by atoms with Crippen LogP contribution in [0.25, 0.3) is 0 Å². The van der Waals surface area contributed by atoms with Crippen LogP contribution >= 0.6 is 0 Å². The molecule has 3 nitrogen and oxygen atoms in total. The lowest BCUT2D eigenvalue weighted by molar-refractivity contribution is 0.206. The molecule has 0 radical (unpaired) electrons. The second-order valence-electron chi connectivity index (χ2n) is 5.19. The van der Waals surface area contributed by atoms with Gasteiger partial charge in [0.15, 0.2) is 0 Å². The fourth-order valence-corrected chi connectivity index (χ4v) is 2.23. The molecule has 1 heterocycles. The quantitative estimate of drug-likeness (QED) is 0.505. The van der Waals surface area contributed by atoms with Gasteiger partial charge in [0.2, 0.25) is 0 Å². The van der Waals surface area contributed by atoms with E-state index in [1.54, 1.807) is 0 Å². The predicted octanol–water partition coefficient (Wildman–Crippen LogP) is 0.731. The summed E-state index contributed by atoms with van der Waals surface area (Å²) in [5.74, 6) is 0.844. The molecule has 1 atom stereocenters. The summed E-state index contributed by atoms with van der Waals surface area (Å²) in [7, 11) is 4.19. The monoisotopic (exact) mass is 199 g/mol. The molecule has 0 spiro atoms. The molecule has 0 amide bonds. The first kappa shape index (κ1) is 12.0. The minimum atomic E-state index is 0.418. The Morgan fingerprint density at radius 2 is 2.14 bits per heavy atom. The Morgan fingerprint density at radius 1 is 1.43 bits per heavy atom. The van der Waals surface area contributed by atoms with E-state index < -0.39 is 0 Å². The average molecular weight is 199 g/mol. The summed E-state index contributed by atoms with van der Waals surface area (Å²) >= 11 is 0. The zero-order valence-electron chi connectivity index (χ0n) is 10.1. The number of rotatable bonds is 5. The van der Waals surface area contributed by atoms with Crippen LogP contribution in [0.4, 0.5) is 0 Å². The molecule has 84 valence electrons. The number of likely N-dealkylation sites (tertiary alicyclic amines) is 1. The molecule has 0 bridgehead atoms. The molecular weight excluding hydrogens is 174 g/mol. The van der Waals surface area contributed by atoms with E-state index in [-0.39, 0.29) is 0 Å². The van der Waals surface area contributed by atoms with Crippen LogP contribution in [0.15, 0.2) is 0 Å². The van der Waals surface area contributed by atoms with E-state index in [0.29, 0.717) is 5.41 Å². The molecule has 0 saturated carbocycles. The Bertz CT molecular complexity index is 168. The van der Waals surface area contributed by atoms with Crippen molar-refractivity contribution in [1.82, 2.24) is 15.5 Å². The Kier molecular flexibility index (Phi) is 4.35. The van der Waals surface area contributed by atoms with E-state index in [9.17, 15) is 0 Å². The standard InChI is InChI=1S/C11H25N3/c1-11(2,8-13-9-12-3)10-5-6-14(4)7-10/h10,12-13H,5-9H2,1-4H3. The number of nitrogens with one attached hydrogen (secondary N) is 2. The van der Waals surface area contributed by atoms with Crippen molar-refractivity contribution in [3.8, 4) is 0 Å². The third-order valence-electron chi connectivity index (χ3n) is 3.38. The maximum atomic E-state index is 3.44. The molecule has 2 N–H and O–H groups in total. The summed E-state index contributed by atoms with van der Waals surface area (Å²) in [6.45, 7) is 9.28. The number of hydrogen-bond acceptors (Lipinski definition) is 3. The highest BCUT2D eigenvalue weighted by Crippen LogP contribution is 2.32. The van der Waals surface area contributed by atoms with Crippen molar-refractivity contribution in [3.63, 3.8) is 0 Å². The first-order chi connectivity index (χ1) is 6.56. The first-order valence-corrected chi connectivity index (χ1v) is 5.60. The fraction of sp³-hybridized carbons (Fsp3) is 1.00. The Balaban J connectivity index is 2.32. The fourth-order valence-electron chi connectivity index (χ4n) is 2.23. The molecule has 1 fully saturated rings. The largest absolute Gasteiger partial charge is 0.308 e. The Morgan fingerprint density at radius 3 is 2.64 bits per heavy atom. The minimum Gasteiger partial charge on any atom is -0.308 e. The highest BCUT2D eigenvalue weighted by molar-refractivity contribution is 4.86. The SMILES string of the molecule is CNCNCC(C)(C)C1CCN(C)C1. The van der Waals surface area contributed by atoms with Crippen molar-refractivity contribution in [3.05, 3.63) is 0 Å². The van der Waals surface area contributed by atoms with Crippen LogP contribution < -0.4 is 10.6 Å². The normalized spacial score (nSPS) is 24.4. The zero-order valence-corrected chi connectivity index (χ0v) is 10.1. The smallest absolute Gasteiger partial charge is 0.0451 e. The maximum Gasteiger partial charge on any atom is 0.0451 e. The third kappa shape index (κ3) is 3.23. The van der Waals surface area contributed by atoms with Gasteiger partial charge in [-0.15, -0.1) is 0 Å². The van der Waals surface area contributed by atoms with Gasteiger partial charge in [0.05, 0.1) is 0 Å². The van der Waals surface area contributed by atoms with Crippen molar-refractivity contribution in [2.75, 3.05) is 40.4 Å². The third-order valence-corrected chi connectivity index (χ3v) is 3.38. The zero-order chi connectivity index (χ0) is 10.6. The summed E-state index contributed by atoms with van der Waals surface area (Å²) in [4.78, 5) is 2.44. The molecule has 0 aliphatic carbocycles. The van der Waals surface area contributed by atoms with Gasteiger partial charge in [0, 0.05) is 19.8 Å². The van der Waals surface area contributed by atoms with Crippen LogP contribution in [-0.2, 0) is 0 Å². The topological polar surface area (TPSA) is 27.3 Å². The molecule has 0 aromatic heterocycles. The van der Waals surface area contributed by atoms with Gasteiger partial charge in [0.25, 0.3) is 0 Å². The number of hydrogen-bond donors (Lipinski definition) is 2. The van der Waals surface area contributed by atoms with Crippen LogP contribution in [0.3, 0.4) is 0 Å². The molecule has 1 saturated heterocycles. The lowest BCUT2D eigenvalue weighted by Crippen LogP contribution is -2.39. The first-order valence-electron chi connectivity index (χ1n) is 5.60. The minimum absolute atomic E-state index is 0.418.